The van der Waals surface area contributed by atoms with E-state index in [0.717, 1.165) is 11.3 Å². The van der Waals surface area contributed by atoms with Crippen LogP contribution < -0.4 is 15.2 Å². The van der Waals surface area contributed by atoms with Gasteiger partial charge in [0.15, 0.2) is 5.13 Å². The van der Waals surface area contributed by atoms with Crippen LogP contribution in [0.5, 0.6) is 5.75 Å². The lowest BCUT2D eigenvalue weighted by molar-refractivity contribution is 0.243. The highest BCUT2D eigenvalue weighted by molar-refractivity contribution is 7.89. The van der Waals surface area contributed by atoms with Gasteiger partial charge in [-0.15, -0.1) is 11.3 Å². The van der Waals surface area contributed by atoms with Gasteiger partial charge in [-0.25, -0.2) is 18.5 Å². The second-order valence-electron chi connectivity index (χ2n) is 5.77. The summed E-state index contributed by atoms with van der Waals surface area (Å²) in [6, 6.07) is 8.20. The van der Waals surface area contributed by atoms with Crippen molar-refractivity contribution in [3.05, 3.63) is 48.1 Å². The van der Waals surface area contributed by atoms with Crippen LogP contribution in [0.1, 0.15) is 13.8 Å². The highest BCUT2D eigenvalue weighted by Crippen LogP contribution is 2.33. The van der Waals surface area contributed by atoms with Crippen LogP contribution in [0.15, 0.2) is 53.0 Å². The number of nitrogens with one attached hydrogen (secondary N) is 1. The van der Waals surface area contributed by atoms with Crippen molar-refractivity contribution in [2.45, 2.75) is 24.8 Å². The van der Waals surface area contributed by atoms with Crippen molar-refractivity contribution in [2.24, 2.45) is 5.14 Å². The molecular formula is C17H18N4O3S2. The van der Waals surface area contributed by atoms with Gasteiger partial charge in [0.05, 0.1) is 22.4 Å². The Morgan fingerprint density at radius 2 is 2.08 bits per heavy atom. The molecule has 2 heterocycles. The fraction of sp³-hybridized carbons (Fsp3) is 0.176. The molecule has 136 valence electrons. The van der Waals surface area contributed by atoms with Crippen LogP contribution in [0.2, 0.25) is 0 Å². The number of sulfonamides is 1. The third-order valence-corrected chi connectivity index (χ3v) is 5.01. The maximum absolute atomic E-state index is 11.6. The number of pyridine rings is 1. The number of primary sulfonamides is 1. The van der Waals surface area contributed by atoms with Crippen molar-refractivity contribution in [3.63, 3.8) is 0 Å². The monoisotopic (exact) mass is 390 g/mol. The number of hydrogen-bond acceptors (Lipinski definition) is 7. The lowest BCUT2D eigenvalue weighted by Gasteiger charge is -2.15. The topological polar surface area (TPSA) is 107 Å². The minimum Gasteiger partial charge on any atom is -0.489 e. The number of hydrogen-bond donors (Lipinski definition) is 2. The standard InChI is InChI=1S/C17H18N4O3S2/c1-11(2)24-16-6-5-13(26(18,22)23)8-14(16)20-17-21-15(10-25-17)12-4-3-7-19-9-12/h3-11H,1-2H3,(H,20,21)(H2,18,22,23). The van der Waals surface area contributed by atoms with Gasteiger partial charge >= 0.3 is 0 Å². The van der Waals surface area contributed by atoms with Gasteiger partial charge in [0.1, 0.15) is 5.75 Å². The van der Waals surface area contributed by atoms with E-state index in [1.807, 2.05) is 31.4 Å². The van der Waals surface area contributed by atoms with Crippen molar-refractivity contribution in [1.82, 2.24) is 9.97 Å². The molecule has 0 aliphatic heterocycles. The summed E-state index contributed by atoms with van der Waals surface area (Å²) < 4.78 is 29.0. The van der Waals surface area contributed by atoms with Gasteiger partial charge in [-0.1, -0.05) is 0 Å². The summed E-state index contributed by atoms with van der Waals surface area (Å²) in [4.78, 5) is 8.60. The molecule has 0 atom stereocenters. The second kappa shape index (κ2) is 7.40. The van der Waals surface area contributed by atoms with E-state index in [1.165, 1.54) is 23.5 Å². The van der Waals surface area contributed by atoms with Crippen molar-refractivity contribution >= 4 is 32.2 Å². The van der Waals surface area contributed by atoms with Gasteiger partial charge in [-0.05, 0) is 44.2 Å². The number of anilines is 2. The molecule has 3 aromatic rings. The maximum Gasteiger partial charge on any atom is 0.238 e. The zero-order chi connectivity index (χ0) is 18.7. The first-order valence-corrected chi connectivity index (χ1v) is 10.2. The van der Waals surface area contributed by atoms with Gasteiger partial charge in [0.2, 0.25) is 10.0 Å². The van der Waals surface area contributed by atoms with Crippen LogP contribution in [0.4, 0.5) is 10.8 Å². The number of nitrogens with two attached hydrogens (primary N) is 1. The fourth-order valence-corrected chi connectivity index (χ4v) is 3.51. The molecular weight excluding hydrogens is 372 g/mol. The number of aromatic nitrogens is 2. The van der Waals surface area contributed by atoms with Crippen molar-refractivity contribution in [1.29, 1.82) is 0 Å². The normalized spacial score (nSPS) is 11.5. The average Bonchev–Trinajstić information content (AvgIpc) is 3.04. The molecule has 3 N–H and O–H groups in total. The maximum atomic E-state index is 11.6. The zero-order valence-corrected chi connectivity index (χ0v) is 15.8. The van der Waals surface area contributed by atoms with Gasteiger partial charge in [0.25, 0.3) is 0 Å². The van der Waals surface area contributed by atoms with Gasteiger partial charge in [0, 0.05) is 23.3 Å². The van der Waals surface area contributed by atoms with Crippen molar-refractivity contribution in [2.75, 3.05) is 5.32 Å². The van der Waals surface area contributed by atoms with Crippen LogP contribution in [0, 0.1) is 0 Å². The Balaban J connectivity index is 1.94. The zero-order valence-electron chi connectivity index (χ0n) is 14.2. The Morgan fingerprint density at radius 1 is 1.27 bits per heavy atom. The lowest BCUT2D eigenvalue weighted by Crippen LogP contribution is -2.13. The van der Waals surface area contributed by atoms with Gasteiger partial charge < -0.3 is 10.1 Å². The summed E-state index contributed by atoms with van der Waals surface area (Å²) in [7, 11) is -3.82. The molecule has 0 spiro atoms. The second-order valence-corrected chi connectivity index (χ2v) is 8.19. The van der Waals surface area contributed by atoms with Crippen molar-refractivity contribution in [3.8, 4) is 17.0 Å². The van der Waals surface area contributed by atoms with Crippen LogP contribution in [0.25, 0.3) is 11.3 Å². The fourth-order valence-electron chi connectivity index (χ4n) is 2.23. The molecule has 1 aromatic carbocycles. The van der Waals surface area contributed by atoms with E-state index in [0.29, 0.717) is 16.6 Å². The average molecular weight is 390 g/mol. The van der Waals surface area contributed by atoms with E-state index < -0.39 is 10.0 Å². The Morgan fingerprint density at radius 3 is 2.73 bits per heavy atom. The lowest BCUT2D eigenvalue weighted by atomic mass is 10.2. The molecule has 0 amide bonds. The number of rotatable bonds is 6. The van der Waals surface area contributed by atoms with Crippen LogP contribution in [-0.4, -0.2) is 24.5 Å². The Labute approximate surface area is 155 Å². The van der Waals surface area contributed by atoms with Gasteiger partial charge in [-0.3, -0.25) is 4.98 Å². The largest absolute Gasteiger partial charge is 0.489 e. The number of benzene rings is 1. The molecule has 0 saturated carbocycles. The predicted molar refractivity (Wildman–Crippen MR) is 102 cm³/mol. The predicted octanol–water partition coefficient (Wildman–Crippen LogP) is 3.38. The SMILES string of the molecule is CC(C)Oc1ccc(S(N)(=O)=O)cc1Nc1nc(-c2cccnc2)cs1. The Hall–Kier alpha value is -2.49. The molecule has 0 fully saturated rings. The van der Waals surface area contributed by atoms with E-state index in [9.17, 15) is 8.42 Å². The first-order valence-electron chi connectivity index (χ1n) is 7.79. The smallest absolute Gasteiger partial charge is 0.238 e. The van der Waals surface area contributed by atoms with E-state index in [1.54, 1.807) is 18.5 Å². The molecule has 0 bridgehead atoms. The quantitative estimate of drug-likeness (QED) is 0.668. The number of ether oxygens (including phenoxy) is 1. The third-order valence-electron chi connectivity index (χ3n) is 3.35. The van der Waals surface area contributed by atoms with E-state index in [-0.39, 0.29) is 11.0 Å². The molecule has 0 unspecified atom stereocenters. The number of nitrogens with zero attached hydrogens (tertiary/aromatic N) is 2. The van der Waals surface area contributed by atoms with Crippen LogP contribution in [0.3, 0.4) is 0 Å². The molecule has 3 rings (SSSR count). The summed E-state index contributed by atoms with van der Waals surface area (Å²) in [6.07, 6.45) is 3.36. The first kappa shape index (κ1) is 18.3. The highest BCUT2D eigenvalue weighted by atomic mass is 32.2. The highest BCUT2D eigenvalue weighted by Gasteiger charge is 2.15. The third kappa shape index (κ3) is 4.37. The van der Waals surface area contributed by atoms with E-state index >= 15 is 0 Å². The Bertz CT molecular complexity index is 1000. The summed E-state index contributed by atoms with van der Waals surface area (Å²) in [5.41, 5.74) is 2.16. The Kier molecular flexibility index (Phi) is 5.21. The van der Waals surface area contributed by atoms with Gasteiger partial charge in [-0.2, -0.15) is 0 Å². The van der Waals surface area contributed by atoms with E-state index in [4.69, 9.17) is 9.88 Å². The minimum absolute atomic E-state index is 0.000134. The molecule has 26 heavy (non-hydrogen) atoms. The van der Waals surface area contributed by atoms with E-state index in [2.05, 4.69) is 15.3 Å². The minimum atomic E-state index is -3.82. The number of thiazole rings is 1. The summed E-state index contributed by atoms with van der Waals surface area (Å²) in [5.74, 6) is 0.519. The molecule has 0 aliphatic rings. The molecule has 7 nitrogen and oxygen atoms in total. The molecule has 0 saturated heterocycles. The summed E-state index contributed by atoms with van der Waals surface area (Å²) >= 11 is 1.39. The summed E-state index contributed by atoms with van der Waals surface area (Å²) in [6.45, 7) is 3.78. The van der Waals surface area contributed by atoms with Crippen molar-refractivity contribution < 1.29 is 13.2 Å². The molecule has 9 heteroatoms. The molecule has 0 aliphatic carbocycles. The molecule has 2 aromatic heterocycles. The first-order chi connectivity index (χ1) is 12.3. The van der Waals surface area contributed by atoms with Crippen LogP contribution >= 0.6 is 11.3 Å². The molecule has 0 radical (unpaired) electrons. The summed E-state index contributed by atoms with van der Waals surface area (Å²) in [5, 5.41) is 10.9. The van der Waals surface area contributed by atoms with Crippen LogP contribution in [-0.2, 0) is 10.0 Å².